The van der Waals surface area contributed by atoms with Gasteiger partial charge in [-0.2, -0.15) is 0 Å². The van der Waals surface area contributed by atoms with Crippen molar-refractivity contribution in [3.8, 4) is 5.75 Å². The molecule has 1 aromatic carbocycles. The summed E-state index contributed by atoms with van der Waals surface area (Å²) in [6, 6.07) is 6.15. The number of ether oxygens (including phenoxy) is 1. The first-order valence-corrected chi connectivity index (χ1v) is 8.69. The van der Waals surface area contributed by atoms with Gasteiger partial charge >= 0.3 is 7.12 Å². The van der Waals surface area contributed by atoms with Gasteiger partial charge in [-0.05, 0) is 63.5 Å². The third-order valence-corrected chi connectivity index (χ3v) is 5.10. The average molecular weight is 318 g/mol. The van der Waals surface area contributed by atoms with Crippen molar-refractivity contribution in [2.75, 3.05) is 7.11 Å². The standard InChI is InChI=1S/C19H31BO3/c1-14(2)10-8-11-15-16(12-9-13-17(15)21-7)20-22-18(3,4)19(5,6)23-20/h9,12-14H,8,10-11H2,1-7H3. The molecule has 1 saturated heterocycles. The first kappa shape index (κ1) is 18.3. The maximum atomic E-state index is 6.24. The van der Waals surface area contributed by atoms with Crippen LogP contribution in [0.1, 0.15) is 59.9 Å². The van der Waals surface area contributed by atoms with Crippen LogP contribution in [-0.4, -0.2) is 25.4 Å². The van der Waals surface area contributed by atoms with E-state index in [1.807, 2.05) is 12.1 Å². The van der Waals surface area contributed by atoms with Crippen molar-refractivity contribution < 1.29 is 14.0 Å². The average Bonchev–Trinajstić information content (AvgIpc) is 2.67. The maximum Gasteiger partial charge on any atom is 0.495 e. The highest BCUT2D eigenvalue weighted by Gasteiger charge is 2.52. The molecule has 0 aliphatic carbocycles. The lowest BCUT2D eigenvalue weighted by molar-refractivity contribution is 0.00578. The monoisotopic (exact) mass is 318 g/mol. The molecule has 0 bridgehead atoms. The van der Waals surface area contributed by atoms with Gasteiger partial charge < -0.3 is 14.0 Å². The van der Waals surface area contributed by atoms with Gasteiger partial charge in [-0.3, -0.25) is 0 Å². The topological polar surface area (TPSA) is 27.7 Å². The van der Waals surface area contributed by atoms with Gasteiger partial charge in [-0.15, -0.1) is 0 Å². The quantitative estimate of drug-likeness (QED) is 0.743. The summed E-state index contributed by atoms with van der Waals surface area (Å²) >= 11 is 0. The van der Waals surface area contributed by atoms with Crippen LogP contribution in [0.3, 0.4) is 0 Å². The van der Waals surface area contributed by atoms with Crippen molar-refractivity contribution in [2.45, 2.75) is 72.0 Å². The van der Waals surface area contributed by atoms with E-state index in [4.69, 9.17) is 14.0 Å². The normalized spacial score (nSPS) is 19.4. The van der Waals surface area contributed by atoms with Crippen LogP contribution in [0.2, 0.25) is 0 Å². The Balaban J connectivity index is 2.28. The number of hydrogen-bond donors (Lipinski definition) is 0. The van der Waals surface area contributed by atoms with Gasteiger partial charge in [0, 0.05) is 0 Å². The number of hydrogen-bond acceptors (Lipinski definition) is 3. The summed E-state index contributed by atoms with van der Waals surface area (Å²) < 4.78 is 18.1. The molecule has 0 spiro atoms. The Labute approximate surface area is 141 Å². The van der Waals surface area contributed by atoms with Gasteiger partial charge in [0.25, 0.3) is 0 Å². The number of benzene rings is 1. The Hall–Kier alpha value is -0.995. The van der Waals surface area contributed by atoms with E-state index in [-0.39, 0.29) is 18.3 Å². The molecule has 3 nitrogen and oxygen atoms in total. The van der Waals surface area contributed by atoms with E-state index < -0.39 is 0 Å². The van der Waals surface area contributed by atoms with E-state index in [2.05, 4.69) is 47.6 Å². The lowest BCUT2D eigenvalue weighted by Gasteiger charge is -2.32. The van der Waals surface area contributed by atoms with E-state index >= 15 is 0 Å². The molecular formula is C19H31BO3. The van der Waals surface area contributed by atoms with Gasteiger partial charge in [-0.25, -0.2) is 0 Å². The summed E-state index contributed by atoms with van der Waals surface area (Å²) in [6.07, 6.45) is 3.34. The highest BCUT2D eigenvalue weighted by molar-refractivity contribution is 6.62. The van der Waals surface area contributed by atoms with Crippen LogP contribution in [0.4, 0.5) is 0 Å². The Morgan fingerprint density at radius 1 is 1.09 bits per heavy atom. The molecule has 1 aliphatic heterocycles. The minimum absolute atomic E-state index is 0.323. The molecule has 1 fully saturated rings. The molecule has 0 unspecified atom stereocenters. The van der Waals surface area contributed by atoms with E-state index in [1.165, 1.54) is 12.0 Å². The first-order valence-electron chi connectivity index (χ1n) is 8.69. The molecule has 0 atom stereocenters. The highest BCUT2D eigenvalue weighted by Crippen LogP contribution is 2.37. The van der Waals surface area contributed by atoms with E-state index in [9.17, 15) is 0 Å². The summed E-state index contributed by atoms with van der Waals surface area (Å²) in [5.41, 5.74) is 1.67. The van der Waals surface area contributed by atoms with E-state index in [0.717, 1.165) is 24.1 Å². The minimum atomic E-state index is -0.329. The summed E-state index contributed by atoms with van der Waals surface area (Å²) in [6.45, 7) is 12.9. The summed E-state index contributed by atoms with van der Waals surface area (Å²) in [7, 11) is 1.40. The van der Waals surface area contributed by atoms with Gasteiger partial charge in [0.05, 0.1) is 18.3 Å². The highest BCUT2D eigenvalue weighted by atomic mass is 16.7. The largest absolute Gasteiger partial charge is 0.496 e. The van der Waals surface area contributed by atoms with Crippen molar-refractivity contribution in [1.82, 2.24) is 0 Å². The van der Waals surface area contributed by atoms with Gasteiger partial charge in [0.1, 0.15) is 5.75 Å². The van der Waals surface area contributed by atoms with E-state index in [0.29, 0.717) is 5.92 Å². The molecule has 0 amide bonds. The summed E-state index contributed by atoms with van der Waals surface area (Å²) in [5, 5.41) is 0. The predicted octanol–water partition coefficient (Wildman–Crippen LogP) is 3.97. The van der Waals surface area contributed by atoms with E-state index in [1.54, 1.807) is 7.11 Å². The van der Waals surface area contributed by atoms with Crippen LogP contribution < -0.4 is 10.2 Å². The number of rotatable bonds is 6. The second-order valence-corrected chi connectivity index (χ2v) is 7.90. The Bertz CT molecular complexity index is 521. The van der Waals surface area contributed by atoms with Crippen LogP contribution in [0, 0.1) is 5.92 Å². The van der Waals surface area contributed by atoms with Crippen molar-refractivity contribution in [3.63, 3.8) is 0 Å². The first-order chi connectivity index (χ1) is 10.7. The molecule has 0 N–H and O–H groups in total. The Kier molecular flexibility index (Phi) is 5.47. The fourth-order valence-corrected chi connectivity index (χ4v) is 2.92. The van der Waals surface area contributed by atoms with Crippen molar-refractivity contribution >= 4 is 12.6 Å². The second-order valence-electron chi connectivity index (χ2n) is 7.90. The second kappa shape index (κ2) is 6.86. The third-order valence-electron chi connectivity index (χ3n) is 5.10. The zero-order valence-corrected chi connectivity index (χ0v) is 15.7. The van der Waals surface area contributed by atoms with Crippen molar-refractivity contribution in [3.05, 3.63) is 23.8 Å². The molecule has 0 saturated carbocycles. The molecule has 0 aromatic heterocycles. The fraction of sp³-hybridized carbons (Fsp3) is 0.684. The molecule has 0 radical (unpaired) electrons. The molecule has 23 heavy (non-hydrogen) atoms. The van der Waals surface area contributed by atoms with Crippen LogP contribution in [0.5, 0.6) is 5.75 Å². The zero-order chi connectivity index (χ0) is 17.3. The smallest absolute Gasteiger partial charge is 0.495 e. The Morgan fingerprint density at radius 3 is 2.22 bits per heavy atom. The molecule has 1 aliphatic rings. The molecule has 4 heteroatoms. The van der Waals surface area contributed by atoms with Crippen LogP contribution in [-0.2, 0) is 15.7 Å². The van der Waals surface area contributed by atoms with Crippen molar-refractivity contribution in [1.29, 1.82) is 0 Å². The minimum Gasteiger partial charge on any atom is -0.496 e. The van der Waals surface area contributed by atoms with Gasteiger partial charge in [0.2, 0.25) is 0 Å². The fourth-order valence-electron chi connectivity index (χ4n) is 2.92. The SMILES string of the molecule is COc1cccc(B2OC(C)(C)C(C)(C)O2)c1CCCC(C)C. The summed E-state index contributed by atoms with van der Waals surface area (Å²) in [5.74, 6) is 1.64. The van der Waals surface area contributed by atoms with Crippen LogP contribution in [0.15, 0.2) is 18.2 Å². The Morgan fingerprint density at radius 2 is 1.70 bits per heavy atom. The van der Waals surface area contributed by atoms with Crippen LogP contribution >= 0.6 is 0 Å². The third kappa shape index (κ3) is 3.92. The maximum absolute atomic E-state index is 6.24. The lowest BCUT2D eigenvalue weighted by atomic mass is 9.74. The number of methoxy groups -OCH3 is 1. The van der Waals surface area contributed by atoms with Gasteiger partial charge in [0.15, 0.2) is 0 Å². The predicted molar refractivity (Wildman–Crippen MR) is 96.5 cm³/mol. The molecule has 128 valence electrons. The molecular weight excluding hydrogens is 287 g/mol. The zero-order valence-electron chi connectivity index (χ0n) is 15.7. The van der Waals surface area contributed by atoms with Crippen molar-refractivity contribution in [2.24, 2.45) is 5.92 Å². The molecule has 2 rings (SSSR count). The van der Waals surface area contributed by atoms with Gasteiger partial charge in [-0.1, -0.05) is 32.4 Å². The summed E-state index contributed by atoms with van der Waals surface area (Å²) in [4.78, 5) is 0. The molecule has 1 heterocycles. The van der Waals surface area contributed by atoms with Crippen LogP contribution in [0.25, 0.3) is 0 Å². The lowest BCUT2D eigenvalue weighted by Crippen LogP contribution is -2.41. The molecule has 1 aromatic rings.